The minimum Gasteiger partial charge on any atom is -0.733 e. The third kappa shape index (κ3) is 5.31. The fourth-order valence-electron chi connectivity index (χ4n) is 3.98. The second-order valence-electron chi connectivity index (χ2n) is 8.92. The Morgan fingerprint density at radius 3 is 2.48 bits per heavy atom. The van der Waals surface area contributed by atoms with Crippen molar-refractivity contribution in [2.75, 3.05) is 20.8 Å². The van der Waals surface area contributed by atoms with Crippen LogP contribution in [0.4, 0.5) is 22.2 Å². The number of aromatic nitrogens is 1. The van der Waals surface area contributed by atoms with Gasteiger partial charge in [-0.15, -0.1) is 11.3 Å². The number of hydrogen-bond donors (Lipinski definition) is 3. The fraction of sp³-hybridized carbons (Fsp3) is 0.0714. The Hall–Kier alpha value is -4.55. The van der Waals surface area contributed by atoms with Crippen molar-refractivity contribution < 1.29 is 19.6 Å². The van der Waals surface area contributed by atoms with Gasteiger partial charge in [0.1, 0.15) is 10.7 Å². The van der Waals surface area contributed by atoms with Crippen LogP contribution < -0.4 is 20.8 Å². The van der Waals surface area contributed by atoms with E-state index < -0.39 is 17.7 Å². The highest BCUT2D eigenvalue weighted by Gasteiger charge is 2.39. The molecule has 0 saturated heterocycles. The second kappa shape index (κ2) is 10.9. The van der Waals surface area contributed by atoms with E-state index >= 15 is 0 Å². The maximum absolute atomic E-state index is 13.1. The van der Waals surface area contributed by atoms with Gasteiger partial charge in [0.15, 0.2) is 5.13 Å². The quantitative estimate of drug-likeness (QED) is 0.186. The Balaban J connectivity index is 1.26. The van der Waals surface area contributed by atoms with Crippen LogP contribution in [0.15, 0.2) is 82.8 Å². The van der Waals surface area contributed by atoms with E-state index in [1.165, 1.54) is 23.5 Å². The lowest BCUT2D eigenvalue weighted by Gasteiger charge is -2.21. The van der Waals surface area contributed by atoms with Crippen LogP contribution in [0.3, 0.4) is 0 Å². The SMILES string of the molecule is Cc1ccc(N2C(=O)C(Cl)=C(Nc3ccc(C(=O)Nc4nc(-c5cccc(N([O-])O)c5)cs4)cc3)C2=O)cc1C. The number of nitrogens with one attached hydrogen (secondary N) is 2. The highest BCUT2D eigenvalue weighted by molar-refractivity contribution is 7.14. The first-order valence-electron chi connectivity index (χ1n) is 11.9. The minimum atomic E-state index is -0.621. The number of carbonyl (C=O) groups is 3. The van der Waals surface area contributed by atoms with Crippen molar-refractivity contribution in [3.05, 3.63) is 105 Å². The number of imide groups is 1. The van der Waals surface area contributed by atoms with E-state index in [0.29, 0.717) is 33.3 Å². The lowest BCUT2D eigenvalue weighted by Crippen LogP contribution is -2.32. The van der Waals surface area contributed by atoms with Crippen LogP contribution in [0.5, 0.6) is 0 Å². The normalized spacial score (nSPS) is 13.2. The second-order valence-corrected chi connectivity index (χ2v) is 10.2. The molecular weight excluding hydrogens is 554 g/mol. The zero-order valence-corrected chi connectivity index (χ0v) is 22.7. The number of carbonyl (C=O) groups excluding carboxylic acids is 3. The largest absolute Gasteiger partial charge is 0.733 e. The number of hydrogen-bond acceptors (Lipinski definition) is 9. The van der Waals surface area contributed by atoms with E-state index in [2.05, 4.69) is 15.6 Å². The predicted molar refractivity (Wildman–Crippen MR) is 154 cm³/mol. The summed E-state index contributed by atoms with van der Waals surface area (Å²) < 4.78 is 0. The highest BCUT2D eigenvalue weighted by atomic mass is 35.5. The van der Waals surface area contributed by atoms with E-state index in [1.807, 2.05) is 19.9 Å². The van der Waals surface area contributed by atoms with E-state index in [-0.39, 0.29) is 21.6 Å². The average molecular weight is 575 g/mol. The van der Waals surface area contributed by atoms with Gasteiger partial charge in [-0.3, -0.25) is 24.9 Å². The molecule has 0 radical (unpaired) electrons. The van der Waals surface area contributed by atoms with Crippen LogP contribution in [0.2, 0.25) is 0 Å². The molecule has 0 atom stereocenters. The lowest BCUT2D eigenvalue weighted by molar-refractivity contribution is -0.120. The molecule has 5 rings (SSSR count). The van der Waals surface area contributed by atoms with Gasteiger partial charge in [-0.05, 0) is 73.5 Å². The molecule has 4 aromatic rings. The number of halogens is 1. The summed E-state index contributed by atoms with van der Waals surface area (Å²) in [5.41, 5.74) is 4.32. The average Bonchev–Trinajstić information content (AvgIpc) is 3.49. The molecule has 2 heterocycles. The minimum absolute atomic E-state index is 0.0530. The Labute approximate surface area is 237 Å². The van der Waals surface area contributed by atoms with Gasteiger partial charge < -0.3 is 15.8 Å². The zero-order chi connectivity index (χ0) is 28.6. The number of nitrogens with zero attached hydrogens (tertiary/aromatic N) is 3. The summed E-state index contributed by atoms with van der Waals surface area (Å²) in [5.74, 6) is -1.61. The summed E-state index contributed by atoms with van der Waals surface area (Å²) >= 11 is 7.44. The smallest absolute Gasteiger partial charge is 0.283 e. The number of rotatable bonds is 7. The molecule has 12 heteroatoms. The van der Waals surface area contributed by atoms with Crippen LogP contribution in [0, 0.1) is 19.1 Å². The summed E-state index contributed by atoms with van der Waals surface area (Å²) in [4.78, 5) is 44.0. The molecule has 3 N–H and O–H groups in total. The van der Waals surface area contributed by atoms with Gasteiger partial charge in [0, 0.05) is 22.2 Å². The molecule has 10 nitrogen and oxygen atoms in total. The molecule has 3 aromatic carbocycles. The Kier molecular flexibility index (Phi) is 7.37. The molecule has 0 aliphatic carbocycles. The van der Waals surface area contributed by atoms with E-state index in [0.717, 1.165) is 16.0 Å². The molecule has 0 unspecified atom stereocenters. The number of anilines is 4. The molecule has 0 bridgehead atoms. The first-order chi connectivity index (χ1) is 19.1. The van der Waals surface area contributed by atoms with Crippen molar-refractivity contribution in [1.82, 2.24) is 4.98 Å². The van der Waals surface area contributed by atoms with E-state index in [1.54, 1.807) is 53.9 Å². The fourth-order valence-corrected chi connectivity index (χ4v) is 4.90. The number of aryl methyl sites for hydroxylation is 2. The van der Waals surface area contributed by atoms with Gasteiger partial charge in [0.2, 0.25) is 0 Å². The van der Waals surface area contributed by atoms with Crippen LogP contribution in [0.25, 0.3) is 11.3 Å². The van der Waals surface area contributed by atoms with Crippen LogP contribution in [-0.4, -0.2) is 27.9 Å². The molecule has 1 aliphatic rings. The summed E-state index contributed by atoms with van der Waals surface area (Å²) in [7, 11) is 0. The third-order valence-electron chi connectivity index (χ3n) is 6.28. The van der Waals surface area contributed by atoms with Gasteiger partial charge in [-0.2, -0.15) is 0 Å². The number of benzene rings is 3. The molecule has 1 aliphatic heterocycles. The van der Waals surface area contributed by atoms with Gasteiger partial charge in [0.05, 0.1) is 17.1 Å². The maximum atomic E-state index is 13.1. The molecule has 0 spiro atoms. The first kappa shape index (κ1) is 27.0. The molecule has 0 fully saturated rings. The van der Waals surface area contributed by atoms with Gasteiger partial charge in [0.25, 0.3) is 17.7 Å². The van der Waals surface area contributed by atoms with Crippen molar-refractivity contribution in [3.63, 3.8) is 0 Å². The van der Waals surface area contributed by atoms with Crippen molar-refractivity contribution in [3.8, 4) is 11.3 Å². The number of thiazole rings is 1. The summed E-state index contributed by atoms with van der Waals surface area (Å²) in [6, 6.07) is 17.8. The standard InChI is InChI=1S/C28H21ClN5O5S/c1-15-6-11-20(12-16(15)2)33-26(36)23(29)24(27(33)37)30-19-9-7-17(8-10-19)25(35)32-28-31-22(14-40-28)18-4-3-5-21(13-18)34(38)39/h3-14,30,38H,1-2H3,(H,31,32,35)/q-1. The Morgan fingerprint density at radius 2 is 1.77 bits per heavy atom. The van der Waals surface area contributed by atoms with Crippen molar-refractivity contribution in [1.29, 1.82) is 0 Å². The van der Waals surface area contributed by atoms with E-state index in [4.69, 9.17) is 16.8 Å². The van der Waals surface area contributed by atoms with Crippen molar-refractivity contribution >= 4 is 62.9 Å². The molecular formula is C28H21ClN5O5S-. The third-order valence-corrected chi connectivity index (χ3v) is 7.39. The van der Waals surface area contributed by atoms with Gasteiger partial charge in [-0.25, -0.2) is 9.88 Å². The Bertz CT molecular complexity index is 1680. The van der Waals surface area contributed by atoms with Gasteiger partial charge in [-0.1, -0.05) is 29.8 Å². The molecule has 3 amide bonds. The zero-order valence-electron chi connectivity index (χ0n) is 21.1. The molecule has 40 heavy (non-hydrogen) atoms. The first-order valence-corrected chi connectivity index (χ1v) is 13.1. The van der Waals surface area contributed by atoms with Crippen molar-refractivity contribution in [2.24, 2.45) is 0 Å². The van der Waals surface area contributed by atoms with Crippen LogP contribution in [-0.2, 0) is 9.59 Å². The summed E-state index contributed by atoms with van der Waals surface area (Å²) in [5, 5.41) is 27.5. The topological polar surface area (TPSA) is 138 Å². The van der Waals surface area contributed by atoms with Crippen molar-refractivity contribution in [2.45, 2.75) is 13.8 Å². The van der Waals surface area contributed by atoms with Crippen LogP contribution in [0.1, 0.15) is 21.5 Å². The highest BCUT2D eigenvalue weighted by Crippen LogP contribution is 2.32. The summed E-state index contributed by atoms with van der Waals surface area (Å²) in [6.07, 6.45) is 0. The molecule has 0 saturated carbocycles. The van der Waals surface area contributed by atoms with E-state index in [9.17, 15) is 19.6 Å². The van der Waals surface area contributed by atoms with Gasteiger partial charge >= 0.3 is 0 Å². The molecule has 1 aromatic heterocycles. The van der Waals surface area contributed by atoms with Crippen LogP contribution >= 0.6 is 22.9 Å². The molecule has 202 valence electrons. The predicted octanol–water partition coefficient (Wildman–Crippen LogP) is 5.81. The lowest BCUT2D eigenvalue weighted by atomic mass is 10.1. The number of amides is 3. The Morgan fingerprint density at radius 1 is 1.02 bits per heavy atom. The monoisotopic (exact) mass is 574 g/mol. The summed E-state index contributed by atoms with van der Waals surface area (Å²) in [6.45, 7) is 3.83. The maximum Gasteiger partial charge on any atom is 0.283 e.